The topological polar surface area (TPSA) is 94.1 Å². The van der Waals surface area contributed by atoms with Crippen LogP contribution in [0.1, 0.15) is 22.8 Å². The maximum atomic E-state index is 12.0. The minimum atomic E-state index is -1.21. The lowest BCUT2D eigenvalue weighted by molar-refractivity contribution is 0.0697. The van der Waals surface area contributed by atoms with Gasteiger partial charge in [-0.05, 0) is 12.5 Å². The summed E-state index contributed by atoms with van der Waals surface area (Å²) in [4.78, 5) is 23.4. The molecule has 0 aliphatic rings. The third kappa shape index (κ3) is 4.87. The molecule has 0 saturated heterocycles. The van der Waals surface area contributed by atoms with Crippen LogP contribution in [0, 0.1) is 0 Å². The van der Waals surface area contributed by atoms with Crippen molar-refractivity contribution in [1.29, 1.82) is 0 Å². The first-order valence-electron chi connectivity index (χ1n) is 7.61. The van der Waals surface area contributed by atoms with Gasteiger partial charge in [0.15, 0.2) is 11.5 Å². The maximum absolute atomic E-state index is 12.0. The van der Waals surface area contributed by atoms with Crippen molar-refractivity contribution in [3.63, 3.8) is 0 Å². The normalized spacial score (nSPS) is 10.0. The standard InChI is InChI=1S/C18H19NO6/c1-3-24-16-9-13(17(20)21)14(10-15(16)23-2)19-18(22)25-11-12-7-5-4-6-8-12/h4-10H,3,11H2,1-2H3,(H,19,22)(H,20,21). The van der Waals surface area contributed by atoms with E-state index in [1.54, 1.807) is 6.92 Å². The molecule has 0 aromatic heterocycles. The van der Waals surface area contributed by atoms with Gasteiger partial charge in [0, 0.05) is 12.1 Å². The Morgan fingerprint density at radius 2 is 1.84 bits per heavy atom. The smallest absolute Gasteiger partial charge is 0.411 e. The van der Waals surface area contributed by atoms with Gasteiger partial charge in [0.25, 0.3) is 0 Å². The van der Waals surface area contributed by atoms with Crippen LogP contribution < -0.4 is 14.8 Å². The first kappa shape index (κ1) is 18.1. The van der Waals surface area contributed by atoms with Crippen LogP contribution in [-0.4, -0.2) is 30.9 Å². The molecule has 0 aliphatic carbocycles. The van der Waals surface area contributed by atoms with Crippen LogP contribution in [-0.2, 0) is 11.3 Å². The molecule has 0 aliphatic heterocycles. The Bertz CT molecular complexity index is 745. The molecule has 0 unspecified atom stereocenters. The monoisotopic (exact) mass is 345 g/mol. The van der Waals surface area contributed by atoms with Gasteiger partial charge >= 0.3 is 12.1 Å². The number of rotatable bonds is 7. The molecule has 2 aromatic carbocycles. The summed E-state index contributed by atoms with van der Waals surface area (Å²) in [7, 11) is 1.43. The van der Waals surface area contributed by atoms with Gasteiger partial charge < -0.3 is 19.3 Å². The highest BCUT2D eigenvalue weighted by molar-refractivity contribution is 5.99. The van der Waals surface area contributed by atoms with Crippen molar-refractivity contribution in [2.24, 2.45) is 0 Å². The molecular weight excluding hydrogens is 326 g/mol. The molecule has 0 heterocycles. The van der Waals surface area contributed by atoms with E-state index in [4.69, 9.17) is 14.2 Å². The van der Waals surface area contributed by atoms with Crippen LogP contribution >= 0.6 is 0 Å². The number of carboxylic acid groups (broad SMARTS) is 1. The fraction of sp³-hybridized carbons (Fsp3) is 0.222. The van der Waals surface area contributed by atoms with Gasteiger partial charge in [0.1, 0.15) is 6.61 Å². The summed E-state index contributed by atoms with van der Waals surface area (Å²) < 4.78 is 15.6. The maximum Gasteiger partial charge on any atom is 0.411 e. The number of hydrogen-bond donors (Lipinski definition) is 2. The van der Waals surface area contributed by atoms with Gasteiger partial charge in [-0.25, -0.2) is 9.59 Å². The molecule has 2 aromatic rings. The van der Waals surface area contributed by atoms with E-state index in [-0.39, 0.29) is 23.6 Å². The minimum absolute atomic E-state index is 0.0610. The number of amides is 1. The number of carbonyl (C=O) groups is 2. The summed E-state index contributed by atoms with van der Waals surface area (Å²) in [5, 5.41) is 11.8. The molecule has 2 N–H and O–H groups in total. The molecular formula is C18H19NO6. The van der Waals surface area contributed by atoms with Gasteiger partial charge in [-0.1, -0.05) is 30.3 Å². The first-order chi connectivity index (χ1) is 12.0. The Hall–Kier alpha value is -3.22. The van der Waals surface area contributed by atoms with Gasteiger partial charge in [-0.15, -0.1) is 0 Å². The van der Waals surface area contributed by atoms with Crippen molar-refractivity contribution >= 4 is 17.7 Å². The van der Waals surface area contributed by atoms with Gasteiger partial charge in [0.2, 0.25) is 0 Å². The molecule has 0 spiro atoms. The van der Waals surface area contributed by atoms with Crippen LogP contribution in [0.5, 0.6) is 11.5 Å². The predicted molar refractivity (Wildman–Crippen MR) is 91.4 cm³/mol. The zero-order valence-corrected chi connectivity index (χ0v) is 13.9. The molecule has 0 radical (unpaired) electrons. The second-order valence-electron chi connectivity index (χ2n) is 4.97. The van der Waals surface area contributed by atoms with Crippen LogP contribution in [0.15, 0.2) is 42.5 Å². The summed E-state index contributed by atoms with van der Waals surface area (Å²) in [5.41, 5.74) is 0.757. The van der Waals surface area contributed by atoms with Gasteiger partial charge in [-0.3, -0.25) is 5.32 Å². The molecule has 7 nitrogen and oxygen atoms in total. The van der Waals surface area contributed by atoms with Crippen LogP contribution in [0.25, 0.3) is 0 Å². The number of anilines is 1. The average Bonchev–Trinajstić information content (AvgIpc) is 2.61. The van der Waals surface area contributed by atoms with Crippen LogP contribution in [0.2, 0.25) is 0 Å². The number of carbonyl (C=O) groups excluding carboxylic acids is 1. The van der Waals surface area contributed by atoms with E-state index in [1.807, 2.05) is 30.3 Å². The average molecular weight is 345 g/mol. The lowest BCUT2D eigenvalue weighted by Gasteiger charge is -2.14. The number of ether oxygens (including phenoxy) is 3. The molecule has 2 rings (SSSR count). The number of aromatic carboxylic acids is 1. The second kappa shape index (κ2) is 8.58. The second-order valence-corrected chi connectivity index (χ2v) is 4.97. The molecule has 25 heavy (non-hydrogen) atoms. The number of hydrogen-bond acceptors (Lipinski definition) is 5. The molecule has 7 heteroatoms. The fourth-order valence-electron chi connectivity index (χ4n) is 2.14. The fourth-order valence-corrected chi connectivity index (χ4v) is 2.14. The van der Waals surface area contributed by atoms with Crippen molar-refractivity contribution in [2.45, 2.75) is 13.5 Å². The highest BCUT2D eigenvalue weighted by Crippen LogP contribution is 2.33. The number of nitrogens with one attached hydrogen (secondary N) is 1. The third-order valence-corrected chi connectivity index (χ3v) is 3.28. The summed E-state index contributed by atoms with van der Waals surface area (Å²) >= 11 is 0. The highest BCUT2D eigenvalue weighted by Gasteiger charge is 2.18. The molecule has 1 amide bonds. The zero-order chi connectivity index (χ0) is 18.2. The van der Waals surface area contributed by atoms with Crippen molar-refractivity contribution in [3.8, 4) is 11.5 Å². The number of carboxylic acids is 1. The van der Waals surface area contributed by atoms with E-state index in [2.05, 4.69) is 5.32 Å². The summed E-state index contributed by atoms with van der Waals surface area (Å²) in [6.07, 6.45) is -0.766. The molecule has 0 bridgehead atoms. The molecule has 0 atom stereocenters. The molecule has 0 fully saturated rings. The Labute approximate surface area is 145 Å². The lowest BCUT2D eigenvalue weighted by Crippen LogP contribution is -2.16. The van der Waals surface area contributed by atoms with Crippen molar-refractivity contribution in [1.82, 2.24) is 0 Å². The Kier molecular flexibility index (Phi) is 6.22. The number of benzene rings is 2. The largest absolute Gasteiger partial charge is 0.493 e. The van der Waals surface area contributed by atoms with E-state index < -0.39 is 12.1 Å². The van der Waals surface area contributed by atoms with Crippen molar-refractivity contribution < 1.29 is 28.9 Å². The first-order valence-corrected chi connectivity index (χ1v) is 7.61. The predicted octanol–water partition coefficient (Wildman–Crippen LogP) is 3.54. The van der Waals surface area contributed by atoms with E-state index in [9.17, 15) is 14.7 Å². The highest BCUT2D eigenvalue weighted by atomic mass is 16.5. The van der Waals surface area contributed by atoms with E-state index in [0.717, 1.165) is 5.56 Å². The SMILES string of the molecule is CCOc1cc(C(=O)O)c(NC(=O)OCc2ccccc2)cc1OC. The Balaban J connectivity index is 2.16. The minimum Gasteiger partial charge on any atom is -0.493 e. The van der Waals surface area contributed by atoms with Crippen molar-refractivity contribution in [3.05, 3.63) is 53.6 Å². The summed E-state index contributed by atoms with van der Waals surface area (Å²) in [6.45, 7) is 2.19. The Morgan fingerprint density at radius 1 is 1.12 bits per heavy atom. The zero-order valence-electron chi connectivity index (χ0n) is 13.9. The molecule has 132 valence electrons. The summed E-state index contributed by atoms with van der Waals surface area (Å²) in [6, 6.07) is 11.8. The van der Waals surface area contributed by atoms with Crippen LogP contribution in [0.4, 0.5) is 10.5 Å². The van der Waals surface area contributed by atoms with E-state index in [1.165, 1.54) is 19.2 Å². The lowest BCUT2D eigenvalue weighted by atomic mass is 10.1. The van der Waals surface area contributed by atoms with Gasteiger partial charge in [-0.2, -0.15) is 0 Å². The van der Waals surface area contributed by atoms with Gasteiger partial charge in [0.05, 0.1) is 25.0 Å². The number of methoxy groups -OCH3 is 1. The van der Waals surface area contributed by atoms with Crippen LogP contribution in [0.3, 0.4) is 0 Å². The van der Waals surface area contributed by atoms with E-state index in [0.29, 0.717) is 12.4 Å². The molecule has 0 saturated carbocycles. The Morgan fingerprint density at radius 3 is 2.44 bits per heavy atom. The third-order valence-electron chi connectivity index (χ3n) is 3.28. The summed E-state index contributed by atoms with van der Waals surface area (Å²) in [5.74, 6) is -0.613. The van der Waals surface area contributed by atoms with E-state index >= 15 is 0 Å². The quantitative estimate of drug-likeness (QED) is 0.797. The van der Waals surface area contributed by atoms with Crippen molar-refractivity contribution in [2.75, 3.05) is 19.0 Å².